The molecule has 0 radical (unpaired) electrons. The van der Waals surface area contributed by atoms with Crippen LogP contribution in [0.5, 0.6) is 0 Å². The number of nitrogens with one attached hydrogen (secondary N) is 2. The molecule has 2 heterocycles. The fourth-order valence-corrected chi connectivity index (χ4v) is 3.26. The van der Waals surface area contributed by atoms with Gasteiger partial charge in [-0.05, 0) is 17.7 Å². The van der Waals surface area contributed by atoms with Gasteiger partial charge in [-0.25, -0.2) is 4.98 Å². The van der Waals surface area contributed by atoms with Crippen LogP contribution >= 0.6 is 23.4 Å². The maximum atomic E-state index is 12.5. The van der Waals surface area contributed by atoms with Crippen LogP contribution in [0.15, 0.2) is 46.9 Å². The topological polar surface area (TPSA) is 74.8 Å². The molecule has 1 aromatic heterocycles. The molecule has 5 nitrogen and oxygen atoms in total. The first-order valence-electron chi connectivity index (χ1n) is 7.01. The van der Waals surface area contributed by atoms with Gasteiger partial charge in [0, 0.05) is 23.1 Å². The lowest BCUT2D eigenvalue weighted by Crippen LogP contribution is -2.31. The number of thioether (sulfide) groups is 1. The van der Waals surface area contributed by atoms with E-state index in [2.05, 4.69) is 21.9 Å². The molecule has 0 fully saturated rings. The number of nitrogens with zero attached hydrogens (tertiary/aromatic N) is 1. The van der Waals surface area contributed by atoms with E-state index < -0.39 is 0 Å². The number of halogens is 1. The highest BCUT2D eigenvalue weighted by Gasteiger charge is 2.30. The van der Waals surface area contributed by atoms with Gasteiger partial charge in [-0.3, -0.25) is 9.59 Å². The number of hydrogen-bond donors (Lipinski definition) is 2. The van der Waals surface area contributed by atoms with E-state index in [0.29, 0.717) is 27.3 Å². The van der Waals surface area contributed by atoms with Gasteiger partial charge < -0.3 is 10.3 Å². The van der Waals surface area contributed by atoms with Gasteiger partial charge in [0.05, 0.1) is 5.56 Å². The summed E-state index contributed by atoms with van der Waals surface area (Å²) in [6, 6.07) is 7.16. The molecule has 1 amide bonds. The SMILES string of the molecule is C=CCSc1nc2c(c(=O)[nH]1)C(c1ccc(Cl)cc1)CC(=O)N2. The highest BCUT2D eigenvalue weighted by atomic mass is 35.5. The molecule has 1 aliphatic heterocycles. The summed E-state index contributed by atoms with van der Waals surface area (Å²) in [6.45, 7) is 3.64. The second-order valence-electron chi connectivity index (χ2n) is 5.09. The lowest BCUT2D eigenvalue weighted by Gasteiger charge is -2.24. The van der Waals surface area contributed by atoms with E-state index in [-0.39, 0.29) is 23.8 Å². The van der Waals surface area contributed by atoms with Gasteiger partial charge in [0.2, 0.25) is 5.91 Å². The van der Waals surface area contributed by atoms with Crippen LogP contribution in [-0.2, 0) is 4.79 Å². The van der Waals surface area contributed by atoms with E-state index >= 15 is 0 Å². The zero-order valence-corrected chi connectivity index (χ0v) is 13.7. The fourth-order valence-electron chi connectivity index (χ4n) is 2.54. The fraction of sp³-hybridized carbons (Fsp3) is 0.188. The monoisotopic (exact) mass is 347 g/mol. The molecule has 2 aromatic rings. The number of carbonyl (C=O) groups excluding carboxylic acids is 1. The predicted octanol–water partition coefficient (Wildman–Crippen LogP) is 3.18. The van der Waals surface area contributed by atoms with Crippen LogP contribution in [0, 0.1) is 0 Å². The Labute approximate surface area is 142 Å². The van der Waals surface area contributed by atoms with Gasteiger partial charge >= 0.3 is 0 Å². The largest absolute Gasteiger partial charge is 0.310 e. The molecule has 0 bridgehead atoms. The van der Waals surface area contributed by atoms with Crippen molar-refractivity contribution in [3.8, 4) is 0 Å². The van der Waals surface area contributed by atoms with Crippen molar-refractivity contribution in [3.63, 3.8) is 0 Å². The Morgan fingerprint density at radius 3 is 2.78 bits per heavy atom. The minimum Gasteiger partial charge on any atom is -0.310 e. The lowest BCUT2D eigenvalue weighted by molar-refractivity contribution is -0.116. The van der Waals surface area contributed by atoms with E-state index in [1.165, 1.54) is 11.8 Å². The Kier molecular flexibility index (Phi) is 4.54. The van der Waals surface area contributed by atoms with Gasteiger partial charge in [0.25, 0.3) is 5.56 Å². The standard InChI is InChI=1S/C16H14ClN3O2S/c1-2-7-23-16-19-14-13(15(22)20-16)11(8-12(21)18-14)9-3-5-10(17)6-4-9/h2-6,11H,1,7-8H2,(H2,18,19,20,21,22). The number of benzene rings is 1. The Morgan fingerprint density at radius 1 is 1.35 bits per heavy atom. The third-order valence-corrected chi connectivity index (χ3v) is 4.66. The van der Waals surface area contributed by atoms with E-state index in [0.717, 1.165) is 5.56 Å². The van der Waals surface area contributed by atoms with Gasteiger partial charge in [-0.2, -0.15) is 0 Å². The van der Waals surface area contributed by atoms with Crippen LogP contribution < -0.4 is 10.9 Å². The Bertz CT molecular complexity index is 817. The highest BCUT2D eigenvalue weighted by Crippen LogP contribution is 2.34. The molecule has 7 heteroatoms. The molecule has 3 rings (SSSR count). The van der Waals surface area contributed by atoms with Crippen molar-refractivity contribution in [2.45, 2.75) is 17.5 Å². The summed E-state index contributed by atoms with van der Waals surface area (Å²) in [6.07, 6.45) is 1.93. The van der Waals surface area contributed by atoms with Crippen molar-refractivity contribution < 1.29 is 4.79 Å². The average molecular weight is 348 g/mol. The minimum atomic E-state index is -0.328. The molecule has 0 spiro atoms. The van der Waals surface area contributed by atoms with Crippen molar-refractivity contribution in [3.05, 3.63) is 63.4 Å². The molecular formula is C16H14ClN3O2S. The zero-order valence-electron chi connectivity index (χ0n) is 12.1. The first-order chi connectivity index (χ1) is 11.1. The molecule has 1 unspecified atom stereocenters. The Balaban J connectivity index is 2.06. The number of H-pyrrole nitrogens is 1. The van der Waals surface area contributed by atoms with E-state index in [9.17, 15) is 9.59 Å². The summed E-state index contributed by atoms with van der Waals surface area (Å²) in [5.41, 5.74) is 1.11. The lowest BCUT2D eigenvalue weighted by atomic mass is 9.87. The molecule has 1 aromatic carbocycles. The first kappa shape index (κ1) is 15.8. The van der Waals surface area contributed by atoms with Gasteiger partial charge in [-0.1, -0.05) is 41.6 Å². The maximum absolute atomic E-state index is 12.5. The van der Waals surface area contributed by atoms with Crippen LogP contribution in [0.25, 0.3) is 0 Å². The van der Waals surface area contributed by atoms with Crippen molar-refractivity contribution in [1.82, 2.24) is 9.97 Å². The van der Waals surface area contributed by atoms with Crippen LogP contribution in [0.3, 0.4) is 0 Å². The molecule has 1 atom stereocenters. The molecule has 118 valence electrons. The Hall–Kier alpha value is -2.05. The molecule has 0 saturated heterocycles. The third-order valence-electron chi connectivity index (χ3n) is 3.54. The van der Waals surface area contributed by atoms with Gasteiger partial charge in [0.1, 0.15) is 5.82 Å². The van der Waals surface area contributed by atoms with Crippen LogP contribution in [0.4, 0.5) is 5.82 Å². The number of aromatic amines is 1. The van der Waals surface area contributed by atoms with E-state index in [4.69, 9.17) is 11.6 Å². The van der Waals surface area contributed by atoms with Crippen molar-refractivity contribution in [2.24, 2.45) is 0 Å². The summed E-state index contributed by atoms with van der Waals surface area (Å²) in [5.74, 6) is 0.466. The number of rotatable bonds is 4. The zero-order chi connectivity index (χ0) is 16.4. The molecular weight excluding hydrogens is 334 g/mol. The summed E-state index contributed by atoms with van der Waals surface area (Å²) < 4.78 is 0. The summed E-state index contributed by atoms with van der Waals surface area (Å²) in [5, 5.41) is 3.77. The first-order valence-corrected chi connectivity index (χ1v) is 8.38. The van der Waals surface area contributed by atoms with Gasteiger partial charge in [-0.15, -0.1) is 6.58 Å². The highest BCUT2D eigenvalue weighted by molar-refractivity contribution is 7.99. The van der Waals surface area contributed by atoms with Gasteiger partial charge in [0.15, 0.2) is 5.16 Å². The number of hydrogen-bond acceptors (Lipinski definition) is 4. The van der Waals surface area contributed by atoms with Crippen molar-refractivity contribution >= 4 is 35.1 Å². The van der Waals surface area contributed by atoms with Crippen LogP contribution in [0.2, 0.25) is 5.02 Å². The van der Waals surface area contributed by atoms with Crippen molar-refractivity contribution in [2.75, 3.05) is 11.1 Å². The number of amides is 1. The average Bonchev–Trinajstić information content (AvgIpc) is 2.52. The summed E-state index contributed by atoms with van der Waals surface area (Å²) >= 11 is 7.26. The van der Waals surface area contributed by atoms with Crippen LogP contribution in [-0.4, -0.2) is 21.6 Å². The molecule has 0 aliphatic carbocycles. The van der Waals surface area contributed by atoms with Crippen LogP contribution in [0.1, 0.15) is 23.5 Å². The minimum absolute atomic E-state index is 0.157. The number of fused-ring (bicyclic) bond motifs is 1. The quantitative estimate of drug-likeness (QED) is 0.506. The summed E-state index contributed by atoms with van der Waals surface area (Å²) in [4.78, 5) is 31.6. The molecule has 1 aliphatic rings. The smallest absolute Gasteiger partial charge is 0.257 e. The Morgan fingerprint density at radius 2 is 2.09 bits per heavy atom. The van der Waals surface area contributed by atoms with Crippen molar-refractivity contribution in [1.29, 1.82) is 0 Å². The second-order valence-corrected chi connectivity index (χ2v) is 6.53. The number of carbonyl (C=O) groups is 1. The summed E-state index contributed by atoms with van der Waals surface area (Å²) in [7, 11) is 0. The van der Waals surface area contributed by atoms with E-state index in [1.807, 2.05) is 12.1 Å². The second kappa shape index (κ2) is 6.60. The number of anilines is 1. The maximum Gasteiger partial charge on any atom is 0.257 e. The number of aromatic nitrogens is 2. The molecule has 23 heavy (non-hydrogen) atoms. The molecule has 0 saturated carbocycles. The third kappa shape index (κ3) is 3.33. The predicted molar refractivity (Wildman–Crippen MR) is 92.3 cm³/mol. The van der Waals surface area contributed by atoms with E-state index in [1.54, 1.807) is 18.2 Å². The molecule has 2 N–H and O–H groups in total. The normalized spacial score (nSPS) is 16.6.